The van der Waals surface area contributed by atoms with Crippen LogP contribution in [-0.2, 0) is 16.0 Å². The number of rotatable bonds is 4. The minimum Gasteiger partial charge on any atom is -0.353 e. The highest BCUT2D eigenvalue weighted by molar-refractivity contribution is 6.30. The Balaban J connectivity index is 1.77. The summed E-state index contributed by atoms with van der Waals surface area (Å²) in [6.07, 6.45) is 1.69. The normalized spacial score (nSPS) is 17.1. The van der Waals surface area contributed by atoms with Gasteiger partial charge in [-0.3, -0.25) is 9.59 Å². The minimum absolute atomic E-state index is 0.0576. The number of carbonyl (C=O) groups excluding carboxylic acids is 2. The van der Waals surface area contributed by atoms with Crippen LogP contribution in [0, 0.1) is 5.82 Å². The summed E-state index contributed by atoms with van der Waals surface area (Å²) in [4.78, 5) is 25.5. The largest absolute Gasteiger partial charge is 0.353 e. The van der Waals surface area contributed by atoms with Crippen LogP contribution in [0.15, 0.2) is 24.3 Å². The Hall–Kier alpha value is -1.62. The molecule has 1 unspecified atom stereocenters. The molecule has 0 saturated carbocycles. The van der Waals surface area contributed by atoms with Crippen molar-refractivity contribution in [1.29, 1.82) is 0 Å². The molecule has 120 valence electrons. The van der Waals surface area contributed by atoms with Crippen LogP contribution in [0.25, 0.3) is 0 Å². The summed E-state index contributed by atoms with van der Waals surface area (Å²) in [6, 6.07) is 5.98. The molecule has 1 atom stereocenters. The van der Waals surface area contributed by atoms with E-state index >= 15 is 0 Å². The second-order valence-corrected chi connectivity index (χ2v) is 6.24. The Labute approximate surface area is 134 Å². The standard InChI is InChI=1S/C16H20ClFN2O2/c1-11(17)16(22)20-8-6-14(7-9-20)19-15(21)10-12-2-4-13(18)5-3-12/h2-5,11,14H,6-10H2,1H3,(H,19,21). The number of benzene rings is 1. The molecule has 1 N–H and O–H groups in total. The summed E-state index contributed by atoms with van der Waals surface area (Å²) < 4.78 is 12.8. The van der Waals surface area contributed by atoms with Crippen LogP contribution >= 0.6 is 11.6 Å². The van der Waals surface area contributed by atoms with E-state index in [1.54, 1.807) is 24.0 Å². The van der Waals surface area contributed by atoms with Crippen LogP contribution in [0.1, 0.15) is 25.3 Å². The van der Waals surface area contributed by atoms with Crippen LogP contribution in [0.4, 0.5) is 4.39 Å². The van der Waals surface area contributed by atoms with E-state index in [1.165, 1.54) is 12.1 Å². The van der Waals surface area contributed by atoms with Crippen LogP contribution in [-0.4, -0.2) is 41.2 Å². The Morgan fingerprint density at radius 3 is 2.45 bits per heavy atom. The Morgan fingerprint density at radius 1 is 1.32 bits per heavy atom. The molecule has 0 aromatic heterocycles. The van der Waals surface area contributed by atoms with Gasteiger partial charge in [-0.1, -0.05) is 12.1 Å². The lowest BCUT2D eigenvalue weighted by molar-refractivity contribution is -0.131. The Bertz CT molecular complexity index is 525. The molecule has 1 saturated heterocycles. The maximum absolute atomic E-state index is 12.8. The van der Waals surface area contributed by atoms with Gasteiger partial charge in [0.1, 0.15) is 11.2 Å². The minimum atomic E-state index is -0.510. The molecule has 4 nitrogen and oxygen atoms in total. The molecule has 6 heteroatoms. The van der Waals surface area contributed by atoms with Crippen molar-refractivity contribution in [3.8, 4) is 0 Å². The number of hydrogen-bond acceptors (Lipinski definition) is 2. The highest BCUT2D eigenvalue weighted by Gasteiger charge is 2.25. The fourth-order valence-corrected chi connectivity index (χ4v) is 2.70. The topological polar surface area (TPSA) is 49.4 Å². The smallest absolute Gasteiger partial charge is 0.240 e. The zero-order valence-corrected chi connectivity index (χ0v) is 13.3. The van der Waals surface area contributed by atoms with Gasteiger partial charge in [-0.05, 0) is 37.5 Å². The Morgan fingerprint density at radius 2 is 1.91 bits per heavy atom. The first-order valence-corrected chi connectivity index (χ1v) is 7.86. The van der Waals surface area contributed by atoms with Gasteiger partial charge in [0.25, 0.3) is 0 Å². The maximum atomic E-state index is 12.8. The van der Waals surface area contributed by atoms with Crippen LogP contribution in [0.2, 0.25) is 0 Å². The number of alkyl halides is 1. The highest BCUT2D eigenvalue weighted by atomic mass is 35.5. The van der Waals surface area contributed by atoms with Crippen molar-refractivity contribution < 1.29 is 14.0 Å². The summed E-state index contributed by atoms with van der Waals surface area (Å²) in [5, 5.41) is 2.46. The summed E-state index contributed by atoms with van der Waals surface area (Å²) in [6.45, 7) is 2.88. The van der Waals surface area contributed by atoms with E-state index in [0.717, 1.165) is 18.4 Å². The van der Waals surface area contributed by atoms with Crippen LogP contribution in [0.5, 0.6) is 0 Å². The van der Waals surface area contributed by atoms with Gasteiger partial charge < -0.3 is 10.2 Å². The Kier molecular flexibility index (Phi) is 5.77. The van der Waals surface area contributed by atoms with Crippen molar-refractivity contribution in [2.24, 2.45) is 0 Å². The second-order valence-electron chi connectivity index (χ2n) is 5.59. The first-order valence-electron chi connectivity index (χ1n) is 7.42. The van der Waals surface area contributed by atoms with Gasteiger partial charge in [0.2, 0.25) is 11.8 Å². The number of nitrogens with zero attached hydrogens (tertiary/aromatic N) is 1. The zero-order chi connectivity index (χ0) is 16.1. The number of piperidine rings is 1. The average Bonchev–Trinajstić information content (AvgIpc) is 2.49. The van der Waals surface area contributed by atoms with Crippen molar-refractivity contribution in [2.75, 3.05) is 13.1 Å². The fourth-order valence-electron chi connectivity index (χ4n) is 2.56. The second kappa shape index (κ2) is 7.58. The molecule has 1 aliphatic rings. The number of nitrogens with one attached hydrogen (secondary N) is 1. The summed E-state index contributed by atoms with van der Waals surface area (Å²) in [5.41, 5.74) is 0.780. The van der Waals surface area contributed by atoms with E-state index in [-0.39, 0.29) is 30.1 Å². The molecule has 2 rings (SSSR count). The molecule has 1 heterocycles. The van der Waals surface area contributed by atoms with Gasteiger partial charge in [0.15, 0.2) is 0 Å². The zero-order valence-electron chi connectivity index (χ0n) is 12.5. The molecule has 1 aliphatic heterocycles. The third-order valence-electron chi connectivity index (χ3n) is 3.79. The van der Waals surface area contributed by atoms with E-state index in [2.05, 4.69) is 5.32 Å². The fraction of sp³-hybridized carbons (Fsp3) is 0.500. The van der Waals surface area contributed by atoms with Crippen LogP contribution < -0.4 is 5.32 Å². The number of halogens is 2. The highest BCUT2D eigenvalue weighted by Crippen LogP contribution is 2.13. The first kappa shape index (κ1) is 16.7. The molecule has 0 aliphatic carbocycles. The van der Waals surface area contributed by atoms with Gasteiger partial charge in [-0.2, -0.15) is 0 Å². The van der Waals surface area contributed by atoms with Crippen molar-refractivity contribution >= 4 is 23.4 Å². The third kappa shape index (κ3) is 4.70. The molecule has 2 amide bonds. The summed E-state index contributed by atoms with van der Waals surface area (Å²) in [5.74, 6) is -0.449. The maximum Gasteiger partial charge on any atom is 0.240 e. The predicted octanol–water partition coefficient (Wildman–Crippen LogP) is 2.10. The van der Waals surface area contributed by atoms with Gasteiger partial charge in [-0.25, -0.2) is 4.39 Å². The van der Waals surface area contributed by atoms with Crippen molar-refractivity contribution in [3.05, 3.63) is 35.6 Å². The quantitative estimate of drug-likeness (QED) is 0.861. The molecule has 1 fully saturated rings. The van der Waals surface area contributed by atoms with E-state index in [4.69, 9.17) is 11.6 Å². The molecule has 1 aromatic rings. The average molecular weight is 327 g/mol. The number of carbonyl (C=O) groups is 2. The van der Waals surface area contributed by atoms with E-state index < -0.39 is 5.38 Å². The molecule has 1 aromatic carbocycles. The summed E-state index contributed by atoms with van der Waals surface area (Å²) >= 11 is 5.80. The van der Waals surface area contributed by atoms with Crippen molar-refractivity contribution in [2.45, 2.75) is 37.6 Å². The van der Waals surface area contributed by atoms with Gasteiger partial charge in [-0.15, -0.1) is 11.6 Å². The molecular formula is C16H20ClFN2O2. The van der Waals surface area contributed by atoms with E-state index in [0.29, 0.717) is 13.1 Å². The molecule has 0 radical (unpaired) electrons. The SMILES string of the molecule is CC(Cl)C(=O)N1CCC(NC(=O)Cc2ccc(F)cc2)CC1. The summed E-state index contributed by atoms with van der Waals surface area (Å²) in [7, 11) is 0. The van der Waals surface area contributed by atoms with Crippen LogP contribution in [0.3, 0.4) is 0 Å². The van der Waals surface area contributed by atoms with Gasteiger partial charge >= 0.3 is 0 Å². The number of likely N-dealkylation sites (tertiary alicyclic amines) is 1. The lowest BCUT2D eigenvalue weighted by atomic mass is 10.0. The number of hydrogen-bond donors (Lipinski definition) is 1. The molecule has 0 bridgehead atoms. The van der Waals surface area contributed by atoms with Crippen molar-refractivity contribution in [1.82, 2.24) is 10.2 Å². The number of amides is 2. The monoisotopic (exact) mass is 326 g/mol. The van der Waals surface area contributed by atoms with Gasteiger partial charge in [0, 0.05) is 19.1 Å². The lowest BCUT2D eigenvalue weighted by Crippen LogP contribution is -2.48. The lowest BCUT2D eigenvalue weighted by Gasteiger charge is -2.33. The predicted molar refractivity (Wildman–Crippen MR) is 83.2 cm³/mol. The van der Waals surface area contributed by atoms with Gasteiger partial charge in [0.05, 0.1) is 6.42 Å². The molecular weight excluding hydrogens is 307 g/mol. The molecule has 0 spiro atoms. The van der Waals surface area contributed by atoms with E-state index in [1.807, 2.05) is 0 Å². The molecule has 22 heavy (non-hydrogen) atoms. The van der Waals surface area contributed by atoms with E-state index in [9.17, 15) is 14.0 Å². The first-order chi connectivity index (χ1) is 10.5. The third-order valence-corrected chi connectivity index (χ3v) is 3.98. The van der Waals surface area contributed by atoms with Crippen molar-refractivity contribution in [3.63, 3.8) is 0 Å².